The number of carboxylic acid groups (broad SMARTS) is 1. The zero-order chi connectivity index (χ0) is 23.2. The number of amides is 1. The van der Waals surface area contributed by atoms with Crippen molar-refractivity contribution in [2.45, 2.75) is 12.8 Å². The molecule has 0 saturated heterocycles. The molecule has 1 aromatic heterocycles. The fraction of sp³-hybridized carbons (Fsp3) is 0.115. The predicted molar refractivity (Wildman–Crippen MR) is 132 cm³/mol. The first-order valence-corrected chi connectivity index (χ1v) is 11.2. The van der Waals surface area contributed by atoms with Gasteiger partial charge in [-0.25, -0.2) is 4.98 Å². The third kappa shape index (κ3) is 5.64. The molecule has 0 unspecified atom stereocenters. The number of aromatic nitrogens is 1. The van der Waals surface area contributed by atoms with Crippen molar-refractivity contribution in [1.82, 2.24) is 4.98 Å². The third-order valence-corrected chi connectivity index (χ3v) is 6.13. The highest BCUT2D eigenvalue weighted by Crippen LogP contribution is 2.31. The van der Waals surface area contributed by atoms with Crippen LogP contribution in [0.25, 0.3) is 21.9 Å². The Hall–Kier alpha value is -3.97. The number of carbonyl (C=O) groups is 2. The molecule has 0 radical (unpaired) electrons. The number of anilines is 1. The highest BCUT2D eigenvalue weighted by Gasteiger charge is 2.12. The second-order valence-electron chi connectivity index (χ2n) is 7.36. The minimum absolute atomic E-state index is 0.00958. The maximum Gasteiger partial charge on any atom is 0.303 e. The van der Waals surface area contributed by atoms with E-state index < -0.39 is 5.97 Å². The number of hydrogen-bond acceptors (Lipinski definition) is 5. The molecule has 33 heavy (non-hydrogen) atoms. The fourth-order valence-electron chi connectivity index (χ4n) is 3.35. The lowest BCUT2D eigenvalue weighted by Crippen LogP contribution is -2.11. The molecule has 4 aromatic rings. The third-order valence-electron chi connectivity index (χ3n) is 5.01. The van der Waals surface area contributed by atoms with Crippen LogP contribution in [-0.4, -0.2) is 29.1 Å². The number of carboxylic acids is 1. The number of thiazole rings is 1. The van der Waals surface area contributed by atoms with Crippen molar-refractivity contribution in [1.29, 1.82) is 0 Å². The normalized spacial score (nSPS) is 11.4. The number of allylic oxidation sites excluding steroid dienone is 1. The smallest absolute Gasteiger partial charge is 0.303 e. The van der Waals surface area contributed by atoms with Crippen molar-refractivity contribution in [3.05, 3.63) is 88.9 Å². The van der Waals surface area contributed by atoms with Gasteiger partial charge in [-0.15, -0.1) is 11.3 Å². The van der Waals surface area contributed by atoms with E-state index in [1.807, 2.05) is 54.6 Å². The van der Waals surface area contributed by atoms with Crippen molar-refractivity contribution in [3.63, 3.8) is 0 Å². The molecule has 3 aromatic carbocycles. The lowest BCUT2D eigenvalue weighted by atomic mass is 10.1. The summed E-state index contributed by atoms with van der Waals surface area (Å²) in [5.41, 5.74) is 3.75. The highest BCUT2D eigenvalue weighted by atomic mass is 32.1. The summed E-state index contributed by atoms with van der Waals surface area (Å²) in [6.07, 6.45) is 2.30. The Bertz CT molecular complexity index is 1290. The Kier molecular flexibility index (Phi) is 6.80. The second kappa shape index (κ2) is 10.1. The van der Waals surface area contributed by atoms with Crippen LogP contribution >= 0.6 is 11.3 Å². The molecule has 0 spiro atoms. The Morgan fingerprint density at radius 1 is 1.03 bits per heavy atom. The molecule has 0 aliphatic carbocycles. The van der Waals surface area contributed by atoms with Crippen LogP contribution < -0.4 is 10.1 Å². The first-order valence-electron chi connectivity index (χ1n) is 10.4. The molecule has 1 amide bonds. The Balaban J connectivity index is 1.59. The molecular weight excluding hydrogens is 436 g/mol. The summed E-state index contributed by atoms with van der Waals surface area (Å²) >= 11 is 1.54. The predicted octanol–water partition coefficient (Wildman–Crippen LogP) is 5.96. The van der Waals surface area contributed by atoms with E-state index in [0.717, 1.165) is 26.4 Å². The molecule has 166 valence electrons. The van der Waals surface area contributed by atoms with Crippen molar-refractivity contribution in [2.24, 2.45) is 0 Å². The molecule has 0 bridgehead atoms. The fourth-order valence-corrected chi connectivity index (χ4v) is 4.35. The average Bonchev–Trinajstić information content (AvgIpc) is 3.26. The van der Waals surface area contributed by atoms with Crippen LogP contribution in [0.15, 0.2) is 72.8 Å². The van der Waals surface area contributed by atoms with E-state index in [9.17, 15) is 14.7 Å². The number of para-hydroxylation sites is 1. The largest absolute Gasteiger partial charge is 0.497 e. The number of rotatable bonds is 8. The topological polar surface area (TPSA) is 88.5 Å². The van der Waals surface area contributed by atoms with Crippen molar-refractivity contribution in [2.75, 3.05) is 12.4 Å². The van der Waals surface area contributed by atoms with Gasteiger partial charge in [0.05, 0.1) is 17.3 Å². The molecule has 0 saturated carbocycles. The van der Waals surface area contributed by atoms with E-state index in [0.29, 0.717) is 23.4 Å². The highest BCUT2D eigenvalue weighted by molar-refractivity contribution is 7.19. The molecule has 4 rings (SSSR count). The van der Waals surface area contributed by atoms with Crippen molar-refractivity contribution < 1.29 is 19.4 Å². The van der Waals surface area contributed by atoms with Gasteiger partial charge in [-0.1, -0.05) is 24.3 Å². The molecular formula is C26H22N2O4S. The van der Waals surface area contributed by atoms with E-state index in [1.54, 1.807) is 31.4 Å². The van der Waals surface area contributed by atoms with Crippen LogP contribution in [-0.2, 0) is 4.79 Å². The maximum absolute atomic E-state index is 12.6. The number of benzene rings is 3. The zero-order valence-electron chi connectivity index (χ0n) is 17.9. The number of aliphatic carboxylic acids is 1. The molecule has 0 fully saturated rings. The minimum Gasteiger partial charge on any atom is -0.497 e. The summed E-state index contributed by atoms with van der Waals surface area (Å²) in [5.74, 6) is -0.402. The van der Waals surface area contributed by atoms with E-state index in [-0.39, 0.29) is 12.3 Å². The Morgan fingerprint density at radius 2 is 1.82 bits per heavy atom. The van der Waals surface area contributed by atoms with Gasteiger partial charge >= 0.3 is 5.97 Å². The van der Waals surface area contributed by atoms with Crippen LogP contribution in [0.2, 0.25) is 0 Å². The van der Waals surface area contributed by atoms with Crippen molar-refractivity contribution >= 4 is 50.8 Å². The van der Waals surface area contributed by atoms with Gasteiger partial charge < -0.3 is 15.2 Å². The number of ether oxygens (including phenoxy) is 1. The van der Waals surface area contributed by atoms with E-state index in [1.165, 1.54) is 11.3 Å². The summed E-state index contributed by atoms with van der Waals surface area (Å²) in [6.45, 7) is 0. The quantitative estimate of drug-likeness (QED) is 0.340. The van der Waals surface area contributed by atoms with Gasteiger partial charge in [-0.3, -0.25) is 9.59 Å². The number of carbonyl (C=O) groups excluding carboxylic acids is 1. The molecule has 1 heterocycles. The van der Waals surface area contributed by atoms with E-state index in [2.05, 4.69) is 10.3 Å². The van der Waals surface area contributed by atoms with Gasteiger partial charge in [-0.05, 0) is 72.2 Å². The molecule has 7 heteroatoms. The van der Waals surface area contributed by atoms with Gasteiger partial charge in [0, 0.05) is 17.7 Å². The number of methoxy groups -OCH3 is 1. The van der Waals surface area contributed by atoms with E-state index in [4.69, 9.17) is 4.74 Å². The Morgan fingerprint density at radius 3 is 2.55 bits per heavy atom. The summed E-state index contributed by atoms with van der Waals surface area (Å²) in [6, 6.07) is 22.1. The lowest BCUT2D eigenvalue weighted by Gasteiger charge is -2.08. The molecule has 0 aliphatic heterocycles. The summed E-state index contributed by atoms with van der Waals surface area (Å²) in [7, 11) is 1.58. The molecule has 6 nitrogen and oxygen atoms in total. The molecule has 0 aliphatic rings. The van der Waals surface area contributed by atoms with Gasteiger partial charge in [-0.2, -0.15) is 0 Å². The van der Waals surface area contributed by atoms with E-state index >= 15 is 0 Å². The summed E-state index contributed by atoms with van der Waals surface area (Å²) in [4.78, 5) is 28.5. The Labute approximate surface area is 195 Å². The minimum atomic E-state index is -0.859. The first kappa shape index (κ1) is 22.2. The van der Waals surface area contributed by atoms with Crippen LogP contribution in [0, 0.1) is 0 Å². The summed E-state index contributed by atoms with van der Waals surface area (Å²) in [5, 5.41) is 12.9. The monoisotopic (exact) mass is 458 g/mol. The van der Waals surface area contributed by atoms with Gasteiger partial charge in [0.1, 0.15) is 10.8 Å². The maximum atomic E-state index is 12.6. The van der Waals surface area contributed by atoms with Gasteiger partial charge in [0.15, 0.2) is 0 Å². The van der Waals surface area contributed by atoms with Crippen molar-refractivity contribution in [3.8, 4) is 5.75 Å². The number of nitrogens with one attached hydrogen (secondary N) is 1. The second-order valence-corrected chi connectivity index (χ2v) is 8.39. The molecule has 0 atom stereocenters. The number of hydrogen-bond donors (Lipinski definition) is 2. The van der Waals surface area contributed by atoms with Crippen LogP contribution in [0.5, 0.6) is 5.75 Å². The molecule has 2 N–H and O–H groups in total. The summed E-state index contributed by atoms with van der Waals surface area (Å²) < 4.78 is 6.18. The average molecular weight is 459 g/mol. The number of fused-ring (bicyclic) bond motifs is 1. The van der Waals surface area contributed by atoms with Crippen LogP contribution in [0.4, 0.5) is 5.69 Å². The first-order chi connectivity index (χ1) is 16.0. The van der Waals surface area contributed by atoms with Gasteiger partial charge in [0.25, 0.3) is 5.91 Å². The van der Waals surface area contributed by atoms with Gasteiger partial charge in [0.2, 0.25) is 0 Å². The van der Waals surface area contributed by atoms with Crippen LogP contribution in [0.1, 0.15) is 33.8 Å². The zero-order valence-corrected chi connectivity index (χ0v) is 18.8. The SMILES string of the molecule is COc1ccc(C(=O)Nc2cccc(/C=C(/CCC(=O)O)c3nc4ccccc4s3)c2)cc1. The lowest BCUT2D eigenvalue weighted by molar-refractivity contribution is -0.136. The van der Waals surface area contributed by atoms with Crippen LogP contribution in [0.3, 0.4) is 0 Å². The number of nitrogens with zero attached hydrogens (tertiary/aromatic N) is 1. The standard InChI is InChI=1S/C26H22N2O4S/c1-32-21-12-9-18(10-13-21)25(31)27-20-6-4-5-17(16-20)15-19(11-14-24(29)30)26-28-22-7-2-3-8-23(22)33-26/h2-10,12-13,15-16H,11,14H2,1H3,(H,27,31)(H,29,30)/b19-15-.